The highest BCUT2D eigenvalue weighted by Crippen LogP contribution is 2.29. The van der Waals surface area contributed by atoms with E-state index in [9.17, 15) is 4.79 Å². The van der Waals surface area contributed by atoms with Crippen molar-refractivity contribution in [2.75, 3.05) is 11.1 Å². The molecule has 4 rings (SSSR count). The summed E-state index contributed by atoms with van der Waals surface area (Å²) in [4.78, 5) is 15.4. The van der Waals surface area contributed by atoms with Crippen molar-refractivity contribution in [1.82, 2.24) is 15.2 Å². The average Bonchev–Trinajstić information content (AvgIpc) is 3.33. The van der Waals surface area contributed by atoms with Crippen LogP contribution in [0, 0.1) is 0 Å². The largest absolute Gasteiger partial charge is 0.411 e. The lowest BCUT2D eigenvalue weighted by Crippen LogP contribution is -2.14. The second kappa shape index (κ2) is 7.90. The van der Waals surface area contributed by atoms with Gasteiger partial charge in [0.25, 0.3) is 11.1 Å². The maximum Gasteiger partial charge on any atom is 0.277 e. The van der Waals surface area contributed by atoms with Crippen molar-refractivity contribution < 1.29 is 9.21 Å². The number of H-pyrrole nitrogens is 1. The van der Waals surface area contributed by atoms with E-state index in [2.05, 4.69) is 34.3 Å². The number of anilines is 1. The molecule has 7 heteroatoms. The molecular weight excluding hydrogens is 372 g/mol. The van der Waals surface area contributed by atoms with Crippen LogP contribution in [0.3, 0.4) is 0 Å². The number of carbonyl (C=O) groups is 1. The fourth-order valence-electron chi connectivity index (χ4n) is 2.90. The molecule has 0 radical (unpaired) electrons. The third kappa shape index (κ3) is 3.94. The Morgan fingerprint density at radius 3 is 2.71 bits per heavy atom. The normalized spacial score (nSPS) is 11.2. The van der Waals surface area contributed by atoms with Gasteiger partial charge in [0.1, 0.15) is 0 Å². The summed E-state index contributed by atoms with van der Waals surface area (Å²) in [6.07, 6.45) is 1.85. The molecule has 6 nitrogen and oxygen atoms in total. The van der Waals surface area contributed by atoms with Crippen molar-refractivity contribution in [3.8, 4) is 11.5 Å². The van der Waals surface area contributed by atoms with Gasteiger partial charge in [0, 0.05) is 22.8 Å². The molecule has 4 aromatic rings. The quantitative estimate of drug-likeness (QED) is 0.448. The Morgan fingerprint density at radius 2 is 1.93 bits per heavy atom. The second-order valence-electron chi connectivity index (χ2n) is 6.73. The Labute approximate surface area is 166 Å². The molecule has 2 aromatic carbocycles. The van der Waals surface area contributed by atoms with Gasteiger partial charge in [0.2, 0.25) is 5.91 Å². The fourth-order valence-corrected chi connectivity index (χ4v) is 3.46. The number of nitrogens with one attached hydrogen (secondary N) is 2. The van der Waals surface area contributed by atoms with Gasteiger partial charge in [0.05, 0.1) is 11.3 Å². The zero-order valence-corrected chi connectivity index (χ0v) is 16.4. The minimum Gasteiger partial charge on any atom is -0.411 e. The molecule has 142 valence electrons. The van der Waals surface area contributed by atoms with Crippen molar-refractivity contribution in [3.63, 3.8) is 0 Å². The topological polar surface area (TPSA) is 83.8 Å². The van der Waals surface area contributed by atoms with Gasteiger partial charge in [-0.1, -0.05) is 55.9 Å². The summed E-state index contributed by atoms with van der Waals surface area (Å²) < 4.78 is 5.72. The molecule has 0 aliphatic rings. The fraction of sp³-hybridized carbons (Fsp3) is 0.190. The van der Waals surface area contributed by atoms with Crippen LogP contribution in [-0.4, -0.2) is 26.8 Å². The van der Waals surface area contributed by atoms with Crippen LogP contribution < -0.4 is 5.32 Å². The Kier molecular flexibility index (Phi) is 5.16. The van der Waals surface area contributed by atoms with E-state index < -0.39 is 0 Å². The molecular formula is C21H20N4O2S. The predicted octanol–water partition coefficient (Wildman–Crippen LogP) is 5.07. The first-order chi connectivity index (χ1) is 13.6. The number of amides is 1. The summed E-state index contributed by atoms with van der Waals surface area (Å²) in [7, 11) is 0. The lowest BCUT2D eigenvalue weighted by Gasteiger charge is -2.07. The Hall–Kier alpha value is -3.06. The molecule has 0 aliphatic carbocycles. The molecule has 0 bridgehead atoms. The van der Waals surface area contributed by atoms with Crippen molar-refractivity contribution in [2.24, 2.45) is 0 Å². The van der Waals surface area contributed by atoms with Crippen molar-refractivity contribution in [1.29, 1.82) is 0 Å². The van der Waals surface area contributed by atoms with Gasteiger partial charge in [-0.15, -0.1) is 10.2 Å². The van der Waals surface area contributed by atoms with E-state index in [1.165, 1.54) is 17.3 Å². The van der Waals surface area contributed by atoms with Crippen LogP contribution in [-0.2, 0) is 4.79 Å². The number of aromatic amines is 1. The average molecular weight is 392 g/mol. The van der Waals surface area contributed by atoms with E-state index in [1.807, 2.05) is 54.7 Å². The Morgan fingerprint density at radius 1 is 1.14 bits per heavy atom. The smallest absolute Gasteiger partial charge is 0.277 e. The minimum atomic E-state index is -0.117. The van der Waals surface area contributed by atoms with E-state index >= 15 is 0 Å². The van der Waals surface area contributed by atoms with Gasteiger partial charge >= 0.3 is 0 Å². The summed E-state index contributed by atoms with van der Waals surface area (Å²) in [5.41, 5.74) is 3.88. The highest BCUT2D eigenvalue weighted by atomic mass is 32.2. The lowest BCUT2D eigenvalue weighted by molar-refractivity contribution is -0.113. The van der Waals surface area contributed by atoms with Crippen molar-refractivity contribution in [2.45, 2.75) is 25.0 Å². The standard InChI is InChI=1S/C21H20N4O2S/c1-13(2)14-7-9-15(10-8-14)23-19(26)12-28-21-25-24-20(27-21)17-11-22-18-6-4-3-5-16(17)18/h3-11,13,22H,12H2,1-2H3,(H,23,26). The molecule has 0 unspecified atom stereocenters. The summed E-state index contributed by atoms with van der Waals surface area (Å²) >= 11 is 1.22. The zero-order chi connectivity index (χ0) is 19.5. The number of hydrogen-bond donors (Lipinski definition) is 2. The molecule has 0 saturated carbocycles. The molecule has 0 spiro atoms. The number of thioether (sulfide) groups is 1. The van der Waals surface area contributed by atoms with Crippen molar-refractivity contribution >= 4 is 34.3 Å². The van der Waals surface area contributed by atoms with Crippen molar-refractivity contribution in [3.05, 3.63) is 60.3 Å². The third-order valence-corrected chi connectivity index (χ3v) is 5.23. The third-order valence-electron chi connectivity index (χ3n) is 4.41. The number of hydrogen-bond acceptors (Lipinski definition) is 5. The molecule has 0 atom stereocenters. The number of rotatable bonds is 6. The number of aromatic nitrogens is 3. The molecule has 0 fully saturated rings. The SMILES string of the molecule is CC(C)c1ccc(NC(=O)CSc2nnc(-c3c[nH]c4ccccc34)o2)cc1. The van der Waals surface area contributed by atoms with Gasteiger partial charge in [-0.25, -0.2) is 0 Å². The summed E-state index contributed by atoms with van der Waals surface area (Å²) in [5, 5.41) is 12.4. The molecule has 2 heterocycles. The highest BCUT2D eigenvalue weighted by Gasteiger charge is 2.14. The Bertz CT molecular complexity index is 1100. The van der Waals surface area contributed by atoms with Crippen LogP contribution in [0.1, 0.15) is 25.3 Å². The molecule has 28 heavy (non-hydrogen) atoms. The number of nitrogens with zero attached hydrogens (tertiary/aromatic N) is 2. The Balaban J connectivity index is 1.37. The van der Waals surface area contributed by atoms with Gasteiger partial charge < -0.3 is 14.7 Å². The van der Waals surface area contributed by atoms with Crippen LogP contribution in [0.5, 0.6) is 0 Å². The van der Waals surface area contributed by atoms with Gasteiger partial charge in [-0.3, -0.25) is 4.79 Å². The van der Waals surface area contributed by atoms with Crippen LogP contribution >= 0.6 is 11.8 Å². The number of para-hydroxylation sites is 1. The van der Waals surface area contributed by atoms with Gasteiger partial charge in [0.15, 0.2) is 0 Å². The maximum absolute atomic E-state index is 12.2. The van der Waals surface area contributed by atoms with E-state index in [1.54, 1.807) is 0 Å². The minimum absolute atomic E-state index is 0.117. The van der Waals surface area contributed by atoms with Crippen LogP contribution in [0.4, 0.5) is 5.69 Å². The monoisotopic (exact) mass is 392 g/mol. The molecule has 2 N–H and O–H groups in total. The number of benzene rings is 2. The number of carbonyl (C=O) groups excluding carboxylic acids is 1. The van der Waals surface area contributed by atoms with E-state index in [4.69, 9.17) is 4.42 Å². The molecule has 0 aliphatic heterocycles. The van der Waals surface area contributed by atoms with Gasteiger partial charge in [-0.05, 0) is 29.7 Å². The van der Waals surface area contributed by atoms with Crippen LogP contribution in [0.2, 0.25) is 0 Å². The first-order valence-corrected chi connectivity index (χ1v) is 10.0. The molecule has 2 aromatic heterocycles. The molecule has 0 saturated heterocycles. The number of fused-ring (bicyclic) bond motifs is 1. The van der Waals surface area contributed by atoms with Crippen LogP contribution in [0.15, 0.2) is 64.4 Å². The molecule has 1 amide bonds. The van der Waals surface area contributed by atoms with Crippen LogP contribution in [0.25, 0.3) is 22.4 Å². The van der Waals surface area contributed by atoms with E-state index in [0.717, 1.165) is 22.2 Å². The zero-order valence-electron chi connectivity index (χ0n) is 15.6. The lowest BCUT2D eigenvalue weighted by atomic mass is 10.0. The highest BCUT2D eigenvalue weighted by molar-refractivity contribution is 7.99. The summed E-state index contributed by atoms with van der Waals surface area (Å²) in [6.45, 7) is 4.28. The van der Waals surface area contributed by atoms with Gasteiger partial charge in [-0.2, -0.15) is 0 Å². The van der Waals surface area contributed by atoms with E-state index in [0.29, 0.717) is 17.0 Å². The summed E-state index contributed by atoms with van der Waals surface area (Å²) in [6, 6.07) is 15.8. The first-order valence-electron chi connectivity index (χ1n) is 9.03. The maximum atomic E-state index is 12.2. The van der Waals surface area contributed by atoms with E-state index in [-0.39, 0.29) is 11.7 Å². The first kappa shape index (κ1) is 18.3. The second-order valence-corrected chi connectivity index (χ2v) is 7.66. The summed E-state index contributed by atoms with van der Waals surface area (Å²) in [5.74, 6) is 0.976. The predicted molar refractivity (Wildman–Crippen MR) is 111 cm³/mol.